The molecule has 3 nitrogen and oxygen atoms in total. The molecule has 0 spiro atoms. The molecule has 2 atom stereocenters. The largest absolute Gasteiger partial charge is 0.481 e. The number of carboxylic acids is 1. The maximum atomic E-state index is 11.4. The van der Waals surface area contributed by atoms with Crippen molar-refractivity contribution >= 4 is 5.97 Å². The molecule has 0 aromatic rings. The van der Waals surface area contributed by atoms with Crippen molar-refractivity contribution < 1.29 is 15.0 Å². The Balaban J connectivity index is 2.01. The molecule has 0 aromatic heterocycles. The number of rotatable bonds is 4. The lowest BCUT2D eigenvalue weighted by Crippen LogP contribution is -2.39. The first-order valence-corrected chi connectivity index (χ1v) is 7.11. The molecule has 98 valence electrons. The second kappa shape index (κ2) is 5.85. The van der Waals surface area contributed by atoms with E-state index in [9.17, 15) is 15.0 Å². The second-order valence-corrected chi connectivity index (χ2v) is 5.80. The summed E-state index contributed by atoms with van der Waals surface area (Å²) in [6, 6.07) is 0. The van der Waals surface area contributed by atoms with Crippen molar-refractivity contribution in [2.75, 3.05) is 0 Å². The van der Waals surface area contributed by atoms with Gasteiger partial charge in [0.15, 0.2) is 0 Å². The predicted octanol–water partition coefficient (Wildman–Crippen LogP) is 2.82. The molecule has 2 saturated carbocycles. The van der Waals surface area contributed by atoms with E-state index in [2.05, 4.69) is 0 Å². The van der Waals surface area contributed by atoms with Crippen molar-refractivity contribution in [1.29, 1.82) is 0 Å². The minimum absolute atomic E-state index is 0.205. The Hall–Kier alpha value is -0.570. The van der Waals surface area contributed by atoms with E-state index in [1.54, 1.807) is 0 Å². The molecule has 0 bridgehead atoms. The third kappa shape index (κ3) is 3.01. The van der Waals surface area contributed by atoms with Gasteiger partial charge in [-0.2, -0.15) is 0 Å². The molecule has 0 saturated heterocycles. The zero-order valence-corrected chi connectivity index (χ0v) is 10.5. The highest BCUT2D eigenvalue weighted by Crippen LogP contribution is 2.38. The first kappa shape index (κ1) is 12.9. The maximum Gasteiger partial charge on any atom is 0.309 e. The summed E-state index contributed by atoms with van der Waals surface area (Å²) in [6.45, 7) is 0. The monoisotopic (exact) mass is 240 g/mol. The van der Waals surface area contributed by atoms with Gasteiger partial charge >= 0.3 is 5.97 Å². The molecule has 2 rings (SSSR count). The molecule has 0 amide bonds. The molecule has 0 heterocycles. The Morgan fingerprint density at radius 2 is 1.35 bits per heavy atom. The molecule has 0 aromatic carbocycles. The topological polar surface area (TPSA) is 57.5 Å². The molecule has 2 unspecified atom stereocenters. The van der Waals surface area contributed by atoms with Gasteiger partial charge in [0.2, 0.25) is 0 Å². The number of aliphatic hydroxyl groups excluding tert-OH is 1. The van der Waals surface area contributed by atoms with Gasteiger partial charge in [-0.1, -0.05) is 32.1 Å². The highest BCUT2D eigenvalue weighted by atomic mass is 16.4. The van der Waals surface area contributed by atoms with Crippen LogP contribution in [0, 0.1) is 17.8 Å². The minimum atomic E-state index is -0.781. The zero-order chi connectivity index (χ0) is 12.3. The van der Waals surface area contributed by atoms with Crippen LogP contribution < -0.4 is 0 Å². The summed E-state index contributed by atoms with van der Waals surface area (Å²) in [6.07, 6.45) is 9.17. The lowest BCUT2D eigenvalue weighted by atomic mass is 9.74. The van der Waals surface area contributed by atoms with E-state index in [0.717, 1.165) is 51.4 Å². The Morgan fingerprint density at radius 1 is 0.882 bits per heavy atom. The van der Waals surface area contributed by atoms with Gasteiger partial charge in [-0.15, -0.1) is 0 Å². The summed E-state index contributed by atoms with van der Waals surface area (Å²) in [7, 11) is 0. The van der Waals surface area contributed by atoms with Crippen molar-refractivity contribution in [2.45, 2.75) is 63.9 Å². The molecule has 17 heavy (non-hydrogen) atoms. The summed E-state index contributed by atoms with van der Waals surface area (Å²) in [4.78, 5) is 11.4. The summed E-state index contributed by atoms with van der Waals surface area (Å²) < 4.78 is 0. The van der Waals surface area contributed by atoms with Crippen LogP contribution >= 0.6 is 0 Å². The van der Waals surface area contributed by atoms with E-state index >= 15 is 0 Å². The number of aliphatic hydroxyl groups is 1. The average molecular weight is 240 g/mol. The first-order chi connectivity index (χ1) is 8.20. The van der Waals surface area contributed by atoms with Gasteiger partial charge in [-0.05, 0) is 37.5 Å². The highest BCUT2D eigenvalue weighted by Gasteiger charge is 2.39. The third-order valence-corrected chi connectivity index (χ3v) is 4.69. The van der Waals surface area contributed by atoms with Crippen LogP contribution in [0.5, 0.6) is 0 Å². The van der Waals surface area contributed by atoms with Crippen LogP contribution in [0.25, 0.3) is 0 Å². The van der Waals surface area contributed by atoms with E-state index in [4.69, 9.17) is 0 Å². The molecule has 2 fully saturated rings. The van der Waals surface area contributed by atoms with Crippen LogP contribution in [-0.4, -0.2) is 22.3 Å². The summed E-state index contributed by atoms with van der Waals surface area (Å²) in [5, 5.41) is 19.7. The molecular weight excluding hydrogens is 216 g/mol. The summed E-state index contributed by atoms with van der Waals surface area (Å²) >= 11 is 0. The number of carbonyl (C=O) groups is 1. The van der Waals surface area contributed by atoms with Crippen LogP contribution in [0.2, 0.25) is 0 Å². The molecular formula is C14H24O3. The lowest BCUT2D eigenvalue weighted by molar-refractivity contribution is -0.151. The Bertz CT molecular complexity index is 252. The molecule has 2 N–H and O–H groups in total. The van der Waals surface area contributed by atoms with Crippen molar-refractivity contribution in [2.24, 2.45) is 17.8 Å². The molecule has 0 aliphatic heterocycles. The number of hydrogen-bond donors (Lipinski definition) is 2. The van der Waals surface area contributed by atoms with Crippen molar-refractivity contribution in [1.82, 2.24) is 0 Å². The SMILES string of the molecule is O=C(O)C(C1CCCCC1)C(O)C1CCCC1. The molecule has 0 radical (unpaired) electrons. The lowest BCUT2D eigenvalue weighted by Gasteiger charge is -2.33. The van der Waals surface area contributed by atoms with Crippen LogP contribution in [0.4, 0.5) is 0 Å². The van der Waals surface area contributed by atoms with Gasteiger partial charge < -0.3 is 10.2 Å². The van der Waals surface area contributed by atoms with Gasteiger partial charge in [0, 0.05) is 0 Å². The first-order valence-electron chi connectivity index (χ1n) is 7.11. The molecule has 3 heteroatoms. The van der Waals surface area contributed by atoms with E-state index in [1.807, 2.05) is 0 Å². The van der Waals surface area contributed by atoms with Gasteiger partial charge in [-0.3, -0.25) is 4.79 Å². The highest BCUT2D eigenvalue weighted by molar-refractivity contribution is 5.71. The van der Waals surface area contributed by atoms with Crippen LogP contribution in [0.1, 0.15) is 57.8 Å². The fourth-order valence-electron chi connectivity index (χ4n) is 3.71. The quantitative estimate of drug-likeness (QED) is 0.794. The van der Waals surface area contributed by atoms with E-state index in [0.29, 0.717) is 0 Å². The van der Waals surface area contributed by atoms with Crippen molar-refractivity contribution in [3.8, 4) is 0 Å². The fraction of sp³-hybridized carbons (Fsp3) is 0.929. The van der Waals surface area contributed by atoms with Gasteiger partial charge in [0.05, 0.1) is 12.0 Å². The number of hydrogen-bond acceptors (Lipinski definition) is 2. The van der Waals surface area contributed by atoms with Gasteiger partial charge in [-0.25, -0.2) is 0 Å². The second-order valence-electron chi connectivity index (χ2n) is 5.80. The van der Waals surface area contributed by atoms with E-state index < -0.39 is 18.0 Å². The Kier molecular flexibility index (Phi) is 4.43. The van der Waals surface area contributed by atoms with Crippen molar-refractivity contribution in [3.05, 3.63) is 0 Å². The summed E-state index contributed by atoms with van der Waals surface area (Å²) in [5.41, 5.74) is 0. The molecule has 2 aliphatic rings. The zero-order valence-electron chi connectivity index (χ0n) is 10.5. The smallest absolute Gasteiger partial charge is 0.309 e. The molecule has 2 aliphatic carbocycles. The summed E-state index contributed by atoms with van der Waals surface area (Å²) in [5.74, 6) is -0.857. The Labute approximate surface area is 103 Å². The normalized spacial score (nSPS) is 26.9. The van der Waals surface area contributed by atoms with Gasteiger partial charge in [0.25, 0.3) is 0 Å². The standard InChI is InChI=1S/C14H24O3/c15-13(11-8-4-5-9-11)12(14(16)17)10-6-2-1-3-7-10/h10-13,15H,1-9H2,(H,16,17). The third-order valence-electron chi connectivity index (χ3n) is 4.69. The van der Waals surface area contributed by atoms with E-state index in [-0.39, 0.29) is 11.8 Å². The van der Waals surface area contributed by atoms with Crippen LogP contribution in [0.15, 0.2) is 0 Å². The van der Waals surface area contributed by atoms with E-state index in [1.165, 1.54) is 6.42 Å². The minimum Gasteiger partial charge on any atom is -0.481 e. The van der Waals surface area contributed by atoms with Crippen molar-refractivity contribution in [3.63, 3.8) is 0 Å². The average Bonchev–Trinajstić information content (AvgIpc) is 2.83. The predicted molar refractivity (Wildman–Crippen MR) is 65.7 cm³/mol. The number of aliphatic carboxylic acids is 1. The maximum absolute atomic E-state index is 11.4. The number of carboxylic acid groups (broad SMARTS) is 1. The van der Waals surface area contributed by atoms with Crippen LogP contribution in [0.3, 0.4) is 0 Å². The van der Waals surface area contributed by atoms with Crippen LogP contribution in [-0.2, 0) is 4.79 Å². The Morgan fingerprint density at radius 3 is 1.88 bits per heavy atom. The van der Waals surface area contributed by atoms with Gasteiger partial charge in [0.1, 0.15) is 0 Å². The fourth-order valence-corrected chi connectivity index (χ4v) is 3.71.